The third-order valence-corrected chi connectivity index (χ3v) is 4.02. The molecule has 8 nitrogen and oxygen atoms in total. The number of carbonyl (C=O) groups excluding carboxylic acids is 1. The lowest BCUT2D eigenvalue weighted by Gasteiger charge is -2.07. The number of methoxy groups -OCH3 is 1. The summed E-state index contributed by atoms with van der Waals surface area (Å²) in [7, 11) is -0.424. The van der Waals surface area contributed by atoms with Crippen molar-refractivity contribution in [1.29, 1.82) is 0 Å². The van der Waals surface area contributed by atoms with E-state index >= 15 is 0 Å². The van der Waals surface area contributed by atoms with Crippen LogP contribution in [0, 0.1) is 0 Å². The molecule has 0 atom stereocenters. The van der Waals surface area contributed by atoms with Gasteiger partial charge in [0.05, 0.1) is 6.61 Å². The van der Waals surface area contributed by atoms with Crippen molar-refractivity contribution in [3.05, 3.63) is 18.3 Å². The summed E-state index contributed by atoms with van der Waals surface area (Å²) in [6.45, 7) is 0.841. The summed E-state index contributed by atoms with van der Waals surface area (Å²) in [4.78, 5) is 15.4. The maximum absolute atomic E-state index is 12.0. The Balaban J connectivity index is 2.43. The third-order valence-electron chi connectivity index (χ3n) is 2.58. The van der Waals surface area contributed by atoms with Gasteiger partial charge in [0.1, 0.15) is 10.7 Å². The van der Waals surface area contributed by atoms with Crippen molar-refractivity contribution < 1.29 is 17.9 Å². The molecule has 0 aliphatic carbocycles. The molecule has 0 saturated heterocycles. The summed E-state index contributed by atoms with van der Waals surface area (Å²) >= 11 is 0. The average Bonchev–Trinajstić information content (AvgIpc) is 2.47. The third kappa shape index (κ3) is 6.06. The zero-order chi connectivity index (χ0) is 15.7. The van der Waals surface area contributed by atoms with Crippen LogP contribution >= 0.6 is 0 Å². The van der Waals surface area contributed by atoms with E-state index < -0.39 is 10.0 Å². The fraction of sp³-hybridized carbons (Fsp3) is 0.500. The summed E-state index contributed by atoms with van der Waals surface area (Å²) in [6, 6.07) is 3.01. The van der Waals surface area contributed by atoms with Gasteiger partial charge in [-0.15, -0.1) is 0 Å². The molecule has 1 aromatic heterocycles. The Bertz CT molecular complexity index is 545. The van der Waals surface area contributed by atoms with Crippen molar-refractivity contribution in [2.24, 2.45) is 0 Å². The maximum atomic E-state index is 12.0. The van der Waals surface area contributed by atoms with Crippen molar-refractivity contribution in [2.75, 3.05) is 39.2 Å². The van der Waals surface area contributed by atoms with Crippen LogP contribution in [-0.2, 0) is 19.6 Å². The van der Waals surface area contributed by atoms with Crippen LogP contribution in [-0.4, -0.2) is 53.2 Å². The fourth-order valence-corrected chi connectivity index (χ4v) is 2.43. The molecule has 0 unspecified atom stereocenters. The van der Waals surface area contributed by atoms with Gasteiger partial charge in [0.15, 0.2) is 0 Å². The highest BCUT2D eigenvalue weighted by Crippen LogP contribution is 2.09. The zero-order valence-electron chi connectivity index (χ0n) is 12.0. The van der Waals surface area contributed by atoms with Gasteiger partial charge in [-0.2, -0.15) is 0 Å². The number of nitrogens with zero attached hydrogens (tertiary/aromatic N) is 1. The minimum absolute atomic E-state index is 0.0227. The molecule has 0 spiro atoms. The van der Waals surface area contributed by atoms with E-state index in [0.29, 0.717) is 19.0 Å². The Morgan fingerprint density at radius 2 is 2.10 bits per heavy atom. The molecule has 0 saturated carbocycles. The molecule has 118 valence electrons. The van der Waals surface area contributed by atoms with Crippen LogP contribution in [0.25, 0.3) is 0 Å². The molecule has 21 heavy (non-hydrogen) atoms. The molecule has 1 rings (SSSR count). The summed E-state index contributed by atoms with van der Waals surface area (Å²) in [5.74, 6) is 0.338. The van der Waals surface area contributed by atoms with E-state index in [-0.39, 0.29) is 23.8 Å². The van der Waals surface area contributed by atoms with Gasteiger partial charge >= 0.3 is 0 Å². The van der Waals surface area contributed by atoms with Crippen molar-refractivity contribution in [2.45, 2.75) is 11.3 Å². The quantitative estimate of drug-likeness (QED) is 0.533. The maximum Gasteiger partial charge on any atom is 0.242 e. The normalized spacial score (nSPS) is 11.1. The number of sulfonamides is 1. The number of amides is 1. The van der Waals surface area contributed by atoms with E-state index in [9.17, 15) is 13.2 Å². The molecular weight excluding hydrogens is 296 g/mol. The Hall–Kier alpha value is -1.71. The molecule has 0 radical (unpaired) electrons. The lowest BCUT2D eigenvalue weighted by Crippen LogP contribution is -2.32. The lowest BCUT2D eigenvalue weighted by molar-refractivity contribution is -0.121. The van der Waals surface area contributed by atoms with Crippen LogP contribution in [0.1, 0.15) is 6.42 Å². The number of hydrogen-bond acceptors (Lipinski definition) is 6. The molecule has 9 heteroatoms. The first kappa shape index (κ1) is 17.3. The Labute approximate surface area is 124 Å². The number of ether oxygens (including phenoxy) is 1. The van der Waals surface area contributed by atoms with Crippen LogP contribution < -0.4 is 15.4 Å². The van der Waals surface area contributed by atoms with Crippen LogP contribution in [0.4, 0.5) is 5.82 Å². The number of rotatable bonds is 9. The average molecular weight is 316 g/mol. The first-order valence-corrected chi connectivity index (χ1v) is 7.87. The van der Waals surface area contributed by atoms with E-state index in [0.717, 1.165) is 0 Å². The highest BCUT2D eigenvalue weighted by Gasteiger charge is 2.14. The second kappa shape index (κ2) is 8.55. The van der Waals surface area contributed by atoms with Gasteiger partial charge in [0.2, 0.25) is 15.9 Å². The predicted octanol–water partition coefficient (Wildman–Crippen LogP) is -0.446. The summed E-state index contributed by atoms with van der Waals surface area (Å²) in [5.41, 5.74) is 0. The first-order chi connectivity index (χ1) is 9.99. The molecule has 0 bridgehead atoms. The number of aromatic nitrogens is 1. The number of carbonyl (C=O) groups is 1. The molecule has 0 aromatic carbocycles. The van der Waals surface area contributed by atoms with Gasteiger partial charge in [0, 0.05) is 39.9 Å². The molecule has 3 N–H and O–H groups in total. The van der Waals surface area contributed by atoms with Crippen LogP contribution in [0.5, 0.6) is 0 Å². The van der Waals surface area contributed by atoms with Gasteiger partial charge in [-0.05, 0) is 12.1 Å². The minimum atomic E-state index is -3.65. The second-order valence-corrected chi connectivity index (χ2v) is 5.89. The van der Waals surface area contributed by atoms with Gasteiger partial charge in [-0.25, -0.2) is 18.1 Å². The largest absolute Gasteiger partial charge is 0.383 e. The molecule has 1 amide bonds. The predicted molar refractivity (Wildman–Crippen MR) is 78.5 cm³/mol. The van der Waals surface area contributed by atoms with E-state index in [2.05, 4.69) is 20.3 Å². The first-order valence-electron chi connectivity index (χ1n) is 6.38. The molecule has 0 aliphatic heterocycles. The molecular formula is C12H20N4O4S. The van der Waals surface area contributed by atoms with Crippen molar-refractivity contribution in [1.82, 2.24) is 15.0 Å². The van der Waals surface area contributed by atoms with Gasteiger partial charge in [0.25, 0.3) is 0 Å². The number of nitrogens with one attached hydrogen (secondary N) is 3. The van der Waals surface area contributed by atoms with Crippen molar-refractivity contribution >= 4 is 21.7 Å². The van der Waals surface area contributed by atoms with Crippen molar-refractivity contribution in [3.8, 4) is 0 Å². The summed E-state index contributed by atoms with van der Waals surface area (Å²) < 4.78 is 31.0. The Kier molecular flexibility index (Phi) is 7.06. The highest BCUT2D eigenvalue weighted by molar-refractivity contribution is 7.89. The van der Waals surface area contributed by atoms with E-state index in [4.69, 9.17) is 4.74 Å². The molecule has 1 heterocycles. The molecule has 1 aromatic rings. The van der Waals surface area contributed by atoms with E-state index in [1.165, 1.54) is 19.4 Å². The molecule has 0 aliphatic rings. The minimum Gasteiger partial charge on any atom is -0.383 e. The van der Waals surface area contributed by atoms with Crippen LogP contribution in [0.2, 0.25) is 0 Å². The van der Waals surface area contributed by atoms with Gasteiger partial charge < -0.3 is 15.4 Å². The summed E-state index contributed by atoms with van der Waals surface area (Å²) in [5, 5.41) is 5.40. The van der Waals surface area contributed by atoms with Gasteiger partial charge in [-0.1, -0.05) is 0 Å². The molecule has 0 fully saturated rings. The monoisotopic (exact) mass is 316 g/mol. The number of pyridine rings is 1. The van der Waals surface area contributed by atoms with Gasteiger partial charge in [-0.3, -0.25) is 4.79 Å². The topological polar surface area (TPSA) is 109 Å². The lowest BCUT2D eigenvalue weighted by atomic mass is 10.4. The van der Waals surface area contributed by atoms with Crippen molar-refractivity contribution in [3.63, 3.8) is 0 Å². The van der Waals surface area contributed by atoms with Crippen LogP contribution in [0.3, 0.4) is 0 Å². The SMILES string of the molecule is CNc1ccc(S(=O)(=O)NCCC(=O)NCCOC)cn1. The Morgan fingerprint density at radius 1 is 1.33 bits per heavy atom. The fourth-order valence-electron chi connectivity index (χ4n) is 1.45. The van der Waals surface area contributed by atoms with E-state index in [1.54, 1.807) is 13.1 Å². The Morgan fingerprint density at radius 3 is 2.67 bits per heavy atom. The standard InChI is InChI=1S/C12H20N4O4S/c1-13-11-4-3-10(9-15-11)21(18,19)16-6-5-12(17)14-7-8-20-2/h3-4,9,16H,5-8H2,1-2H3,(H,13,15)(H,14,17). The number of hydrogen-bond donors (Lipinski definition) is 3. The van der Waals surface area contributed by atoms with Crippen LogP contribution in [0.15, 0.2) is 23.2 Å². The number of anilines is 1. The van der Waals surface area contributed by atoms with E-state index in [1.807, 2.05) is 0 Å². The highest BCUT2D eigenvalue weighted by atomic mass is 32.2. The smallest absolute Gasteiger partial charge is 0.242 e. The second-order valence-electron chi connectivity index (χ2n) is 4.12. The summed E-state index contributed by atoms with van der Waals surface area (Å²) in [6.07, 6.45) is 1.32. The zero-order valence-corrected chi connectivity index (χ0v) is 12.9.